The molecular formula is C20H4F26S2. The zero-order valence-electron chi connectivity index (χ0n) is 21.0. The van der Waals surface area contributed by atoms with E-state index in [0.717, 1.165) is 0 Å². The Bertz CT molecular complexity index is 1360. The Balaban J connectivity index is 2.58. The lowest BCUT2D eigenvalue weighted by atomic mass is 9.93. The Kier molecular flexibility index (Phi) is 9.60. The molecular weight excluding hydrogens is 798 g/mol. The predicted molar refractivity (Wildman–Crippen MR) is 107 cm³/mol. The van der Waals surface area contributed by atoms with Crippen molar-refractivity contribution in [1.29, 1.82) is 0 Å². The van der Waals surface area contributed by atoms with Crippen molar-refractivity contribution in [2.75, 3.05) is 0 Å². The van der Waals surface area contributed by atoms with Crippen LogP contribution in [0.5, 0.6) is 0 Å². The number of rotatable bonds is 11. The minimum Gasteiger partial charge on any atom is -0.193 e. The highest BCUT2D eigenvalue weighted by Gasteiger charge is 2.92. The molecule has 0 fully saturated rings. The molecule has 48 heavy (non-hydrogen) atoms. The van der Waals surface area contributed by atoms with Crippen molar-refractivity contribution in [3.8, 4) is 9.75 Å². The molecule has 0 radical (unpaired) electrons. The molecule has 0 spiro atoms. The minimum atomic E-state index is -8.31. The number of thiophene rings is 2. The van der Waals surface area contributed by atoms with Crippen molar-refractivity contribution in [1.82, 2.24) is 0 Å². The largest absolute Gasteiger partial charge is 0.460 e. The molecule has 0 saturated heterocycles. The number of halogens is 26. The molecule has 0 unspecified atom stereocenters. The van der Waals surface area contributed by atoms with Crippen molar-refractivity contribution in [3.63, 3.8) is 0 Å². The highest BCUT2D eigenvalue weighted by atomic mass is 32.1. The van der Waals surface area contributed by atoms with Gasteiger partial charge in [-0.3, -0.25) is 0 Å². The lowest BCUT2D eigenvalue weighted by Crippen LogP contribution is -2.69. The first-order valence-corrected chi connectivity index (χ1v) is 12.4. The van der Waals surface area contributed by atoms with Crippen LogP contribution in [-0.4, -0.2) is 59.7 Å². The highest BCUT2D eigenvalue weighted by molar-refractivity contribution is 7.22. The SMILES string of the molecule is FC(F)(F)C(F)(F)C(F)(F)C(F)(F)C(F)(F)C(F)(F)c1ccc(-c2ccc(C(F)(F)C(F)(F)C(F)(F)C(F)(F)C(F)(F)C(F)(F)F)s2)s1. The summed E-state index contributed by atoms with van der Waals surface area (Å²) in [6.07, 6.45) is -15.5. The van der Waals surface area contributed by atoms with Gasteiger partial charge in [0, 0.05) is 9.75 Å². The zero-order valence-corrected chi connectivity index (χ0v) is 22.6. The van der Waals surface area contributed by atoms with Gasteiger partial charge in [-0.05, 0) is 24.3 Å². The summed E-state index contributed by atoms with van der Waals surface area (Å²) in [6, 6.07) is -1.24. The quantitative estimate of drug-likeness (QED) is 0.199. The molecule has 0 bridgehead atoms. The Morgan fingerprint density at radius 3 is 0.688 bits per heavy atom. The maximum atomic E-state index is 14.4. The zero-order chi connectivity index (χ0) is 38.6. The standard InChI is InChI=1S/C20H4F26S2/c21-9(22,11(25,26)13(29,30)15(33,34)17(37,38)19(41,42)43)7-3-1-5(47-7)6-2-4-8(48-6)10(23,24)12(27,28)14(31,32)16(35,36)18(39,40)20(44,45)46/h1-4H. The van der Waals surface area contributed by atoms with Crippen LogP contribution in [0.2, 0.25) is 0 Å². The normalized spacial score (nSPS) is 16.1. The molecule has 2 aromatic rings. The predicted octanol–water partition coefficient (Wildman–Crippen LogP) is 11.9. The van der Waals surface area contributed by atoms with Gasteiger partial charge in [0.1, 0.15) is 0 Å². The van der Waals surface area contributed by atoms with Crippen LogP contribution in [0.25, 0.3) is 9.75 Å². The fraction of sp³-hybridized carbons (Fsp3) is 0.600. The van der Waals surface area contributed by atoms with E-state index in [9.17, 15) is 114 Å². The summed E-state index contributed by atoms with van der Waals surface area (Å²) < 4.78 is 347. The molecule has 0 aliphatic rings. The van der Waals surface area contributed by atoms with E-state index in [1.165, 1.54) is 0 Å². The van der Waals surface area contributed by atoms with Crippen LogP contribution in [-0.2, 0) is 11.8 Å². The summed E-state index contributed by atoms with van der Waals surface area (Å²) in [5.74, 6) is -78.9. The van der Waals surface area contributed by atoms with Crippen LogP contribution in [0.3, 0.4) is 0 Å². The fourth-order valence-electron chi connectivity index (χ4n) is 3.13. The van der Waals surface area contributed by atoms with E-state index in [1.54, 1.807) is 0 Å². The van der Waals surface area contributed by atoms with Crippen molar-refractivity contribution < 1.29 is 114 Å². The molecule has 278 valence electrons. The first-order valence-electron chi connectivity index (χ1n) is 10.8. The van der Waals surface area contributed by atoms with Gasteiger partial charge in [-0.15, -0.1) is 22.7 Å². The van der Waals surface area contributed by atoms with Gasteiger partial charge in [0.05, 0.1) is 9.75 Å². The summed E-state index contributed by atoms with van der Waals surface area (Å²) >= 11 is -2.25. The molecule has 0 N–H and O–H groups in total. The summed E-state index contributed by atoms with van der Waals surface area (Å²) in [5.41, 5.74) is 0. The van der Waals surface area contributed by atoms with Crippen LogP contribution < -0.4 is 0 Å². The molecule has 0 aliphatic carbocycles. The lowest BCUT2D eigenvalue weighted by molar-refractivity contribution is -0.441. The maximum Gasteiger partial charge on any atom is 0.460 e. The second kappa shape index (κ2) is 11.0. The number of hydrogen-bond acceptors (Lipinski definition) is 2. The third-order valence-corrected chi connectivity index (χ3v) is 8.45. The van der Waals surface area contributed by atoms with E-state index in [1.807, 2.05) is 0 Å². The first-order chi connectivity index (χ1) is 20.7. The van der Waals surface area contributed by atoms with Crippen molar-refractivity contribution in [3.05, 3.63) is 34.0 Å². The van der Waals surface area contributed by atoms with Crippen molar-refractivity contribution in [2.24, 2.45) is 0 Å². The summed E-state index contributed by atoms with van der Waals surface area (Å²) in [5, 5.41) is 0. The second-order valence-corrected chi connectivity index (χ2v) is 11.2. The Morgan fingerprint density at radius 2 is 0.479 bits per heavy atom. The fourth-order valence-corrected chi connectivity index (χ4v) is 5.24. The summed E-state index contributed by atoms with van der Waals surface area (Å²) in [7, 11) is 0. The van der Waals surface area contributed by atoms with Crippen LogP contribution >= 0.6 is 22.7 Å². The van der Waals surface area contributed by atoms with E-state index < -0.39 is 126 Å². The van der Waals surface area contributed by atoms with Gasteiger partial charge in [0.2, 0.25) is 0 Å². The molecule has 2 heterocycles. The van der Waals surface area contributed by atoms with Gasteiger partial charge in [-0.2, -0.15) is 114 Å². The first kappa shape index (κ1) is 41.7. The van der Waals surface area contributed by atoms with Crippen LogP contribution in [0.15, 0.2) is 24.3 Å². The third-order valence-electron chi connectivity index (χ3n) is 5.94. The van der Waals surface area contributed by atoms with Gasteiger partial charge in [0.15, 0.2) is 0 Å². The highest BCUT2D eigenvalue weighted by Crippen LogP contribution is 2.64. The van der Waals surface area contributed by atoms with Crippen molar-refractivity contribution >= 4 is 22.7 Å². The average molecular weight is 802 g/mol. The van der Waals surface area contributed by atoms with Gasteiger partial charge in [-0.25, -0.2) is 0 Å². The van der Waals surface area contributed by atoms with Gasteiger partial charge >= 0.3 is 71.6 Å². The lowest BCUT2D eigenvalue weighted by Gasteiger charge is -2.39. The molecule has 2 rings (SSSR count). The molecule has 0 atom stereocenters. The third kappa shape index (κ3) is 5.35. The number of alkyl halides is 26. The Labute approximate surface area is 252 Å². The molecule has 2 aromatic heterocycles. The average Bonchev–Trinajstić information content (AvgIpc) is 3.57. The smallest absolute Gasteiger partial charge is 0.193 e. The van der Waals surface area contributed by atoms with Crippen LogP contribution in [0.4, 0.5) is 114 Å². The molecule has 0 aromatic carbocycles. The minimum absolute atomic E-state index is 0.0941. The van der Waals surface area contributed by atoms with E-state index in [2.05, 4.69) is 0 Å². The summed E-state index contributed by atoms with van der Waals surface area (Å²) in [6.45, 7) is 0. The molecule has 0 saturated carbocycles. The van der Waals surface area contributed by atoms with Crippen molar-refractivity contribution in [2.45, 2.75) is 71.6 Å². The van der Waals surface area contributed by atoms with E-state index in [4.69, 9.17) is 0 Å². The van der Waals surface area contributed by atoms with E-state index in [0.29, 0.717) is 0 Å². The maximum absolute atomic E-state index is 14.4. The van der Waals surface area contributed by atoms with Gasteiger partial charge < -0.3 is 0 Å². The summed E-state index contributed by atoms with van der Waals surface area (Å²) in [4.78, 5) is -8.07. The molecule has 0 amide bonds. The molecule has 28 heteroatoms. The molecule has 0 nitrogen and oxygen atoms in total. The molecule has 0 aliphatic heterocycles. The number of hydrogen-bond donors (Lipinski definition) is 0. The Hall–Kier alpha value is -2.42. The van der Waals surface area contributed by atoms with E-state index >= 15 is 0 Å². The van der Waals surface area contributed by atoms with Gasteiger partial charge in [-0.1, -0.05) is 0 Å². The van der Waals surface area contributed by atoms with Crippen LogP contribution in [0.1, 0.15) is 9.75 Å². The van der Waals surface area contributed by atoms with E-state index in [-0.39, 0.29) is 12.1 Å². The van der Waals surface area contributed by atoms with Gasteiger partial charge in [0.25, 0.3) is 0 Å². The Morgan fingerprint density at radius 1 is 0.271 bits per heavy atom. The van der Waals surface area contributed by atoms with Crippen LogP contribution in [0, 0.1) is 0 Å². The topological polar surface area (TPSA) is 0 Å². The monoisotopic (exact) mass is 802 g/mol. The second-order valence-electron chi connectivity index (χ2n) is 9.07.